The molecule has 130 valence electrons. The van der Waals surface area contributed by atoms with Crippen LogP contribution in [0.4, 0.5) is 11.8 Å². The summed E-state index contributed by atoms with van der Waals surface area (Å²) in [6, 6.07) is 6.95. The van der Waals surface area contributed by atoms with Crippen molar-refractivity contribution >= 4 is 35.8 Å². The van der Waals surface area contributed by atoms with Gasteiger partial charge in [0.2, 0.25) is 5.95 Å². The molecule has 0 unspecified atom stereocenters. The van der Waals surface area contributed by atoms with Crippen LogP contribution in [0, 0.1) is 0 Å². The fraction of sp³-hybridized carbons (Fsp3) is 0.375. The zero-order valence-corrected chi connectivity index (χ0v) is 14.6. The van der Waals surface area contributed by atoms with Gasteiger partial charge in [0, 0.05) is 5.02 Å². The van der Waals surface area contributed by atoms with Crippen LogP contribution in [0.1, 0.15) is 25.7 Å². The zero-order chi connectivity index (χ0) is 16.2. The van der Waals surface area contributed by atoms with E-state index in [0.717, 1.165) is 25.7 Å². The highest BCUT2D eigenvalue weighted by Gasteiger charge is 2.24. The molecule has 24 heavy (non-hydrogen) atoms. The number of benzene rings is 1. The summed E-state index contributed by atoms with van der Waals surface area (Å²) in [6.45, 7) is 0. The molecule has 0 amide bonds. The number of aliphatic hydroxyl groups is 1. The molecule has 2 atom stereocenters. The molecule has 1 saturated carbocycles. The summed E-state index contributed by atoms with van der Waals surface area (Å²) in [7, 11) is 0. The van der Waals surface area contributed by atoms with E-state index in [1.54, 1.807) is 24.3 Å². The first-order valence-electron chi connectivity index (χ1n) is 7.62. The van der Waals surface area contributed by atoms with Crippen molar-refractivity contribution < 1.29 is 9.84 Å². The first kappa shape index (κ1) is 18.6. The fourth-order valence-electron chi connectivity index (χ4n) is 2.65. The molecule has 1 aliphatic carbocycles. The molecule has 3 rings (SSSR count). The Balaban J connectivity index is 0.00000208. The molecule has 1 aliphatic rings. The fourth-order valence-corrected chi connectivity index (χ4v) is 2.77. The summed E-state index contributed by atoms with van der Waals surface area (Å²) in [6.07, 6.45) is 4.90. The van der Waals surface area contributed by atoms with Crippen LogP contribution in [0.2, 0.25) is 5.02 Å². The summed E-state index contributed by atoms with van der Waals surface area (Å²) < 4.78 is 5.81. The number of hydrogen-bond donors (Lipinski definition) is 3. The van der Waals surface area contributed by atoms with Gasteiger partial charge < -0.3 is 20.9 Å². The van der Waals surface area contributed by atoms with E-state index in [2.05, 4.69) is 15.3 Å². The van der Waals surface area contributed by atoms with Crippen molar-refractivity contribution in [1.82, 2.24) is 9.97 Å². The van der Waals surface area contributed by atoms with Crippen molar-refractivity contribution in [3.63, 3.8) is 0 Å². The lowest BCUT2D eigenvalue weighted by Gasteiger charge is -2.29. The molecule has 4 N–H and O–H groups in total. The predicted molar refractivity (Wildman–Crippen MR) is 97.1 cm³/mol. The maximum absolute atomic E-state index is 10.1. The van der Waals surface area contributed by atoms with Crippen LogP contribution in [0.5, 0.6) is 11.5 Å². The second-order valence-corrected chi connectivity index (χ2v) is 6.04. The molecule has 0 radical (unpaired) electrons. The molecular formula is C16H20Cl2N4O2. The van der Waals surface area contributed by atoms with Crippen LogP contribution in [0.3, 0.4) is 0 Å². The summed E-state index contributed by atoms with van der Waals surface area (Å²) in [5, 5.41) is 14.0. The lowest BCUT2D eigenvalue weighted by molar-refractivity contribution is 0.116. The summed E-state index contributed by atoms with van der Waals surface area (Å²) in [5.41, 5.74) is 5.68. The quantitative estimate of drug-likeness (QED) is 0.760. The molecule has 0 spiro atoms. The highest BCUT2D eigenvalue weighted by Crippen LogP contribution is 2.31. The molecule has 0 bridgehead atoms. The van der Waals surface area contributed by atoms with Crippen molar-refractivity contribution in [2.45, 2.75) is 37.8 Å². The Hall–Kier alpha value is -1.76. The molecule has 8 heteroatoms. The molecular weight excluding hydrogens is 351 g/mol. The SMILES string of the molecule is Cl.Nc1ncc(Oc2ccc(Cl)cc2)c(N[C@@H]2CCCC[C@H]2O)n1. The molecule has 1 aromatic carbocycles. The maximum atomic E-state index is 10.1. The summed E-state index contributed by atoms with van der Waals surface area (Å²) in [4.78, 5) is 8.19. The first-order chi connectivity index (χ1) is 11.1. The maximum Gasteiger partial charge on any atom is 0.222 e. The van der Waals surface area contributed by atoms with Gasteiger partial charge in [-0.2, -0.15) is 4.98 Å². The number of nitrogens with zero attached hydrogens (tertiary/aromatic N) is 2. The molecule has 1 aromatic heterocycles. The minimum absolute atomic E-state index is 0. The predicted octanol–water partition coefficient (Wildman–Crippen LogP) is 3.64. The van der Waals surface area contributed by atoms with Crippen molar-refractivity contribution in [1.29, 1.82) is 0 Å². The standard InChI is InChI=1S/C16H19ClN4O2.ClH/c17-10-5-7-11(8-6-10)23-14-9-19-16(18)21-15(14)20-12-3-1-2-4-13(12)22;/h5-9,12-13,22H,1-4H2,(H3,18,19,20,21);1H/t12-,13-;/m1./s1. The molecule has 2 aromatic rings. The van der Waals surface area contributed by atoms with E-state index in [4.69, 9.17) is 22.1 Å². The van der Waals surface area contributed by atoms with E-state index in [9.17, 15) is 5.11 Å². The number of halogens is 2. The van der Waals surface area contributed by atoms with Gasteiger partial charge in [0.25, 0.3) is 0 Å². The Morgan fingerprint density at radius 3 is 2.62 bits per heavy atom. The number of anilines is 2. The molecule has 6 nitrogen and oxygen atoms in total. The smallest absolute Gasteiger partial charge is 0.222 e. The minimum Gasteiger partial charge on any atom is -0.452 e. The Morgan fingerprint density at radius 1 is 1.21 bits per heavy atom. The third kappa shape index (κ3) is 4.63. The highest BCUT2D eigenvalue weighted by molar-refractivity contribution is 6.30. The first-order valence-corrected chi connectivity index (χ1v) is 8.00. The zero-order valence-electron chi connectivity index (χ0n) is 13.0. The molecule has 1 fully saturated rings. The Morgan fingerprint density at radius 2 is 1.92 bits per heavy atom. The van der Waals surface area contributed by atoms with Gasteiger partial charge in [-0.05, 0) is 37.1 Å². The van der Waals surface area contributed by atoms with Gasteiger partial charge in [-0.1, -0.05) is 24.4 Å². The number of rotatable bonds is 4. The number of nitrogens with two attached hydrogens (primary N) is 1. The van der Waals surface area contributed by atoms with Crippen molar-refractivity contribution in [2.75, 3.05) is 11.1 Å². The van der Waals surface area contributed by atoms with E-state index >= 15 is 0 Å². The largest absolute Gasteiger partial charge is 0.452 e. The Labute approximate surface area is 151 Å². The minimum atomic E-state index is -0.400. The van der Waals surface area contributed by atoms with Crippen molar-refractivity contribution in [3.8, 4) is 11.5 Å². The topological polar surface area (TPSA) is 93.3 Å². The normalized spacial score (nSPS) is 20.1. The van der Waals surface area contributed by atoms with Gasteiger partial charge in [-0.25, -0.2) is 4.98 Å². The van der Waals surface area contributed by atoms with Gasteiger partial charge in [-0.15, -0.1) is 12.4 Å². The average Bonchev–Trinajstić information content (AvgIpc) is 2.54. The summed E-state index contributed by atoms with van der Waals surface area (Å²) >= 11 is 5.87. The average molecular weight is 371 g/mol. The number of aromatic nitrogens is 2. The van der Waals surface area contributed by atoms with Crippen LogP contribution >= 0.6 is 24.0 Å². The van der Waals surface area contributed by atoms with Crippen LogP contribution in [0.15, 0.2) is 30.5 Å². The second kappa shape index (κ2) is 8.37. The molecule has 0 saturated heterocycles. The monoisotopic (exact) mass is 370 g/mol. The highest BCUT2D eigenvalue weighted by atomic mass is 35.5. The van der Waals surface area contributed by atoms with E-state index in [0.29, 0.717) is 22.3 Å². The number of hydrogen-bond acceptors (Lipinski definition) is 6. The third-order valence-corrected chi connectivity index (χ3v) is 4.12. The summed E-state index contributed by atoms with van der Waals surface area (Å²) in [5.74, 6) is 1.72. The number of aliphatic hydroxyl groups excluding tert-OH is 1. The van der Waals surface area contributed by atoms with Crippen LogP contribution < -0.4 is 15.8 Å². The van der Waals surface area contributed by atoms with Crippen LogP contribution in [-0.2, 0) is 0 Å². The number of nitrogen functional groups attached to an aromatic ring is 1. The number of nitrogens with one attached hydrogen (secondary N) is 1. The van der Waals surface area contributed by atoms with E-state index in [1.807, 2.05) is 0 Å². The van der Waals surface area contributed by atoms with Gasteiger partial charge in [0.05, 0.1) is 18.3 Å². The van der Waals surface area contributed by atoms with Crippen molar-refractivity contribution in [2.24, 2.45) is 0 Å². The lowest BCUT2D eigenvalue weighted by atomic mass is 9.92. The Kier molecular flexibility index (Phi) is 6.48. The van der Waals surface area contributed by atoms with Gasteiger partial charge >= 0.3 is 0 Å². The second-order valence-electron chi connectivity index (χ2n) is 5.60. The van der Waals surface area contributed by atoms with E-state index in [-0.39, 0.29) is 24.4 Å². The molecule has 1 heterocycles. The van der Waals surface area contributed by atoms with Crippen LogP contribution in [0.25, 0.3) is 0 Å². The lowest BCUT2D eigenvalue weighted by Crippen LogP contribution is -2.36. The van der Waals surface area contributed by atoms with Crippen molar-refractivity contribution in [3.05, 3.63) is 35.5 Å². The van der Waals surface area contributed by atoms with E-state index in [1.165, 1.54) is 6.20 Å². The van der Waals surface area contributed by atoms with Gasteiger partial charge in [-0.3, -0.25) is 0 Å². The number of ether oxygens (including phenoxy) is 1. The Bertz CT molecular complexity index is 670. The van der Waals surface area contributed by atoms with Gasteiger partial charge in [0.1, 0.15) is 5.75 Å². The molecule has 0 aliphatic heterocycles. The van der Waals surface area contributed by atoms with Crippen LogP contribution in [-0.4, -0.2) is 27.2 Å². The third-order valence-electron chi connectivity index (χ3n) is 3.87. The van der Waals surface area contributed by atoms with E-state index < -0.39 is 6.10 Å². The van der Waals surface area contributed by atoms with Gasteiger partial charge in [0.15, 0.2) is 11.6 Å².